The Morgan fingerprint density at radius 1 is 1.26 bits per heavy atom. The topological polar surface area (TPSA) is 29.5 Å². The molecule has 1 aliphatic heterocycles. The molecule has 1 aromatic carbocycles. The third-order valence-corrected chi connectivity index (χ3v) is 6.13. The van der Waals surface area contributed by atoms with E-state index in [4.69, 9.17) is 4.74 Å². The summed E-state index contributed by atoms with van der Waals surface area (Å²) >= 11 is 0. The Hall–Kier alpha value is -1.61. The SMILES string of the molecule is COC(=O)[C@H]1[C@@H](C)C2=C(CN(Cc3ccccc3)C2)CC12CC2. The van der Waals surface area contributed by atoms with E-state index < -0.39 is 0 Å². The Balaban J connectivity index is 1.52. The van der Waals surface area contributed by atoms with E-state index >= 15 is 0 Å². The van der Waals surface area contributed by atoms with Crippen LogP contribution in [-0.2, 0) is 16.1 Å². The van der Waals surface area contributed by atoms with Crippen molar-refractivity contribution < 1.29 is 9.53 Å². The van der Waals surface area contributed by atoms with E-state index in [-0.39, 0.29) is 17.3 Å². The van der Waals surface area contributed by atoms with Crippen LogP contribution >= 0.6 is 0 Å². The molecule has 0 bridgehead atoms. The molecule has 122 valence electrons. The summed E-state index contributed by atoms with van der Waals surface area (Å²) in [5.41, 5.74) is 4.69. The first-order valence-electron chi connectivity index (χ1n) is 8.68. The molecule has 3 nitrogen and oxygen atoms in total. The van der Waals surface area contributed by atoms with Crippen LogP contribution in [0.5, 0.6) is 0 Å². The third-order valence-electron chi connectivity index (χ3n) is 6.13. The average molecular weight is 311 g/mol. The predicted molar refractivity (Wildman–Crippen MR) is 89.7 cm³/mol. The number of methoxy groups -OCH3 is 1. The fraction of sp³-hybridized carbons (Fsp3) is 0.550. The van der Waals surface area contributed by atoms with Crippen LogP contribution in [0.25, 0.3) is 0 Å². The average Bonchev–Trinajstić information content (AvgIpc) is 3.19. The smallest absolute Gasteiger partial charge is 0.309 e. The van der Waals surface area contributed by atoms with Gasteiger partial charge in [0.05, 0.1) is 13.0 Å². The number of carbonyl (C=O) groups is 1. The quantitative estimate of drug-likeness (QED) is 0.633. The van der Waals surface area contributed by atoms with Gasteiger partial charge in [-0.25, -0.2) is 0 Å². The number of rotatable bonds is 3. The van der Waals surface area contributed by atoms with Gasteiger partial charge in [-0.2, -0.15) is 0 Å². The molecule has 1 saturated carbocycles. The molecular formula is C20H25NO2. The van der Waals surface area contributed by atoms with E-state index in [1.165, 1.54) is 31.1 Å². The zero-order valence-electron chi connectivity index (χ0n) is 14.0. The first kappa shape index (κ1) is 14.9. The summed E-state index contributed by atoms with van der Waals surface area (Å²) in [4.78, 5) is 14.9. The zero-order valence-corrected chi connectivity index (χ0v) is 14.0. The number of nitrogens with zero attached hydrogens (tertiary/aromatic N) is 1. The summed E-state index contributed by atoms with van der Waals surface area (Å²) in [7, 11) is 1.53. The van der Waals surface area contributed by atoms with Crippen LogP contribution in [0.3, 0.4) is 0 Å². The first-order chi connectivity index (χ1) is 11.1. The highest BCUT2D eigenvalue weighted by molar-refractivity contribution is 5.75. The molecule has 1 aromatic rings. The molecule has 0 amide bonds. The van der Waals surface area contributed by atoms with E-state index in [9.17, 15) is 4.79 Å². The monoisotopic (exact) mass is 311 g/mol. The van der Waals surface area contributed by atoms with Gasteiger partial charge in [0.1, 0.15) is 0 Å². The molecule has 0 aromatic heterocycles. The van der Waals surface area contributed by atoms with Crippen molar-refractivity contribution in [3.05, 3.63) is 47.0 Å². The number of hydrogen-bond acceptors (Lipinski definition) is 3. The maximum absolute atomic E-state index is 12.3. The van der Waals surface area contributed by atoms with E-state index in [2.05, 4.69) is 42.2 Å². The summed E-state index contributed by atoms with van der Waals surface area (Å²) < 4.78 is 5.13. The second-order valence-electron chi connectivity index (χ2n) is 7.59. The van der Waals surface area contributed by atoms with Crippen molar-refractivity contribution >= 4 is 5.97 Å². The lowest BCUT2D eigenvalue weighted by molar-refractivity contribution is -0.150. The van der Waals surface area contributed by atoms with Crippen LogP contribution in [0.2, 0.25) is 0 Å². The molecule has 3 heteroatoms. The zero-order chi connectivity index (χ0) is 16.0. The van der Waals surface area contributed by atoms with Crippen molar-refractivity contribution in [1.29, 1.82) is 0 Å². The van der Waals surface area contributed by atoms with Gasteiger partial charge in [-0.1, -0.05) is 48.4 Å². The highest BCUT2D eigenvalue weighted by atomic mass is 16.5. The van der Waals surface area contributed by atoms with Gasteiger partial charge >= 0.3 is 5.97 Å². The normalized spacial score (nSPS) is 28.8. The molecule has 2 atom stereocenters. The number of carbonyl (C=O) groups excluding carboxylic acids is 1. The predicted octanol–water partition coefficient (Wildman–Crippen LogP) is 3.41. The Morgan fingerprint density at radius 2 is 2.00 bits per heavy atom. The molecule has 4 rings (SSSR count). The number of hydrogen-bond donors (Lipinski definition) is 0. The van der Waals surface area contributed by atoms with Crippen molar-refractivity contribution in [2.75, 3.05) is 20.2 Å². The van der Waals surface area contributed by atoms with Gasteiger partial charge < -0.3 is 4.74 Å². The number of ether oxygens (including phenoxy) is 1. The molecule has 2 aliphatic carbocycles. The van der Waals surface area contributed by atoms with Crippen LogP contribution < -0.4 is 0 Å². The Morgan fingerprint density at radius 3 is 2.65 bits per heavy atom. The van der Waals surface area contributed by atoms with Gasteiger partial charge in [-0.3, -0.25) is 9.69 Å². The Bertz CT molecular complexity index is 645. The van der Waals surface area contributed by atoms with Crippen molar-refractivity contribution in [3.8, 4) is 0 Å². The highest BCUT2D eigenvalue weighted by Crippen LogP contribution is 2.63. The van der Waals surface area contributed by atoms with Crippen LogP contribution in [-0.4, -0.2) is 31.1 Å². The molecule has 23 heavy (non-hydrogen) atoms. The minimum absolute atomic E-state index is 0.00283. The van der Waals surface area contributed by atoms with Crippen molar-refractivity contribution in [2.24, 2.45) is 17.3 Å². The Kier molecular flexibility index (Phi) is 3.56. The van der Waals surface area contributed by atoms with Gasteiger partial charge in [-0.05, 0) is 36.2 Å². The Labute approximate surface area is 138 Å². The summed E-state index contributed by atoms with van der Waals surface area (Å²) in [5.74, 6) is 0.403. The number of benzene rings is 1. The van der Waals surface area contributed by atoms with Gasteiger partial charge in [0.2, 0.25) is 0 Å². The number of esters is 1. The van der Waals surface area contributed by atoms with Crippen molar-refractivity contribution in [2.45, 2.75) is 32.7 Å². The lowest BCUT2D eigenvalue weighted by Crippen LogP contribution is -2.37. The lowest BCUT2D eigenvalue weighted by Gasteiger charge is -2.36. The minimum Gasteiger partial charge on any atom is -0.469 e. The van der Waals surface area contributed by atoms with Gasteiger partial charge in [0.25, 0.3) is 0 Å². The maximum Gasteiger partial charge on any atom is 0.309 e. The lowest BCUT2D eigenvalue weighted by atomic mass is 9.68. The molecule has 0 unspecified atom stereocenters. The maximum atomic E-state index is 12.3. The summed E-state index contributed by atoms with van der Waals surface area (Å²) in [6, 6.07) is 10.7. The highest BCUT2D eigenvalue weighted by Gasteiger charge is 2.58. The third kappa shape index (κ3) is 2.51. The van der Waals surface area contributed by atoms with Gasteiger partial charge in [-0.15, -0.1) is 0 Å². The summed E-state index contributed by atoms with van der Waals surface area (Å²) in [5, 5.41) is 0. The molecule has 1 spiro atoms. The van der Waals surface area contributed by atoms with E-state index in [0.29, 0.717) is 5.92 Å². The first-order valence-corrected chi connectivity index (χ1v) is 8.68. The second-order valence-corrected chi connectivity index (χ2v) is 7.59. The summed E-state index contributed by atoms with van der Waals surface area (Å²) in [6.45, 7) is 5.32. The van der Waals surface area contributed by atoms with Crippen molar-refractivity contribution in [1.82, 2.24) is 4.90 Å². The standard InChI is InChI=1S/C20H25NO2/c1-14-17-13-21(11-15-6-4-3-5-7-15)12-16(17)10-20(8-9-20)18(14)19(22)23-2/h3-7,14,18H,8-13H2,1-2H3/t14-,18+/m0/s1. The van der Waals surface area contributed by atoms with E-state index in [1.807, 2.05) is 0 Å². The molecule has 0 N–H and O–H groups in total. The van der Waals surface area contributed by atoms with Crippen LogP contribution in [0.1, 0.15) is 31.7 Å². The molecule has 0 radical (unpaired) electrons. The fourth-order valence-corrected chi connectivity index (χ4v) is 4.86. The summed E-state index contributed by atoms with van der Waals surface area (Å²) in [6.07, 6.45) is 3.48. The van der Waals surface area contributed by atoms with Crippen LogP contribution in [0.15, 0.2) is 41.5 Å². The minimum atomic E-state index is 0.00283. The van der Waals surface area contributed by atoms with Crippen LogP contribution in [0.4, 0.5) is 0 Å². The van der Waals surface area contributed by atoms with Crippen molar-refractivity contribution in [3.63, 3.8) is 0 Å². The van der Waals surface area contributed by atoms with E-state index in [1.54, 1.807) is 5.57 Å². The van der Waals surface area contributed by atoms with E-state index in [0.717, 1.165) is 26.1 Å². The van der Waals surface area contributed by atoms with Gasteiger partial charge in [0, 0.05) is 19.6 Å². The van der Waals surface area contributed by atoms with Gasteiger partial charge in [0.15, 0.2) is 0 Å². The molecule has 3 aliphatic rings. The molecule has 1 fully saturated rings. The molecular weight excluding hydrogens is 286 g/mol. The van der Waals surface area contributed by atoms with Crippen LogP contribution in [0, 0.1) is 17.3 Å². The molecule has 1 heterocycles. The largest absolute Gasteiger partial charge is 0.469 e. The second kappa shape index (κ2) is 5.48. The fourth-order valence-electron chi connectivity index (χ4n) is 4.86. The molecule has 0 saturated heterocycles.